The van der Waals surface area contributed by atoms with Gasteiger partial charge in [0.2, 0.25) is 5.88 Å². The molecule has 3 N–H and O–H groups in total. The molecule has 3 aromatic rings. The van der Waals surface area contributed by atoms with Crippen molar-refractivity contribution < 1.29 is 4.74 Å². The Morgan fingerprint density at radius 2 is 2.00 bits per heavy atom. The van der Waals surface area contributed by atoms with Gasteiger partial charge in [0.05, 0.1) is 6.10 Å². The lowest BCUT2D eigenvalue weighted by molar-refractivity contribution is 0.232. The zero-order valence-corrected chi connectivity index (χ0v) is 18.9. The number of fused-ring (bicyclic) bond motifs is 1. The third-order valence-corrected chi connectivity index (χ3v) is 4.20. The van der Waals surface area contributed by atoms with Crippen LogP contribution in [-0.4, -0.2) is 35.6 Å². The molecule has 1 aromatic carbocycles. The van der Waals surface area contributed by atoms with E-state index >= 15 is 0 Å². The molecule has 0 spiro atoms. The van der Waals surface area contributed by atoms with E-state index in [4.69, 9.17) is 4.74 Å². The van der Waals surface area contributed by atoms with Gasteiger partial charge in [0.15, 0.2) is 5.96 Å². The Balaban J connectivity index is 0.00000280. The van der Waals surface area contributed by atoms with Gasteiger partial charge in [-0.2, -0.15) is 0 Å². The molecule has 0 amide bonds. The van der Waals surface area contributed by atoms with E-state index in [0.29, 0.717) is 12.4 Å². The van der Waals surface area contributed by atoms with Gasteiger partial charge in [0, 0.05) is 49.5 Å². The van der Waals surface area contributed by atoms with Crippen molar-refractivity contribution in [2.24, 2.45) is 4.99 Å². The van der Waals surface area contributed by atoms with Gasteiger partial charge in [-0.25, -0.2) is 4.98 Å². The fourth-order valence-electron chi connectivity index (χ4n) is 2.89. The number of ether oxygens (including phenoxy) is 1. The number of aliphatic imine (C=N–C) groups is 1. The number of para-hydroxylation sites is 1. The Morgan fingerprint density at radius 3 is 2.71 bits per heavy atom. The van der Waals surface area contributed by atoms with Crippen molar-refractivity contribution in [1.82, 2.24) is 20.6 Å². The highest BCUT2D eigenvalue weighted by Gasteiger charge is 2.04. The van der Waals surface area contributed by atoms with Gasteiger partial charge in [-0.1, -0.05) is 24.3 Å². The van der Waals surface area contributed by atoms with Crippen LogP contribution in [0.4, 0.5) is 0 Å². The number of rotatable bonds is 7. The summed E-state index contributed by atoms with van der Waals surface area (Å²) in [5.74, 6) is 1.42. The summed E-state index contributed by atoms with van der Waals surface area (Å²) in [6.07, 6.45) is 4.95. The molecule has 0 radical (unpaired) electrons. The second kappa shape index (κ2) is 10.9. The molecule has 7 heteroatoms. The zero-order valence-electron chi connectivity index (χ0n) is 16.5. The number of hydrogen-bond acceptors (Lipinski definition) is 3. The van der Waals surface area contributed by atoms with Crippen molar-refractivity contribution in [3.05, 3.63) is 59.9 Å². The van der Waals surface area contributed by atoms with Crippen molar-refractivity contribution in [1.29, 1.82) is 0 Å². The Kier molecular flexibility index (Phi) is 8.56. The molecule has 2 heterocycles. The van der Waals surface area contributed by atoms with Crippen LogP contribution in [0.1, 0.15) is 25.0 Å². The van der Waals surface area contributed by atoms with Crippen LogP contribution < -0.4 is 15.4 Å². The van der Waals surface area contributed by atoms with Crippen LogP contribution in [-0.2, 0) is 13.0 Å². The van der Waals surface area contributed by atoms with Gasteiger partial charge in [-0.15, -0.1) is 24.0 Å². The van der Waals surface area contributed by atoms with Gasteiger partial charge in [0.25, 0.3) is 0 Å². The molecule has 0 aliphatic rings. The zero-order chi connectivity index (χ0) is 19.1. The molecular formula is C21H28IN5O. The Hall–Kier alpha value is -2.29. The molecular weight excluding hydrogens is 465 g/mol. The van der Waals surface area contributed by atoms with Crippen LogP contribution >= 0.6 is 24.0 Å². The lowest BCUT2D eigenvalue weighted by atomic mass is 10.1. The highest BCUT2D eigenvalue weighted by Crippen LogP contribution is 2.17. The number of aromatic nitrogens is 2. The third-order valence-electron chi connectivity index (χ3n) is 4.20. The smallest absolute Gasteiger partial charge is 0.213 e. The molecule has 2 aromatic heterocycles. The van der Waals surface area contributed by atoms with Crippen LogP contribution in [0.2, 0.25) is 0 Å². The number of aromatic amines is 1. The minimum absolute atomic E-state index is 0. The van der Waals surface area contributed by atoms with Gasteiger partial charge in [0.1, 0.15) is 0 Å². The Bertz CT molecular complexity index is 889. The van der Waals surface area contributed by atoms with Crippen molar-refractivity contribution in [3.63, 3.8) is 0 Å². The number of nitrogens with zero attached hydrogens (tertiary/aromatic N) is 2. The molecule has 3 rings (SSSR count). The molecule has 150 valence electrons. The number of pyridine rings is 1. The summed E-state index contributed by atoms with van der Waals surface area (Å²) in [5, 5.41) is 7.95. The summed E-state index contributed by atoms with van der Waals surface area (Å²) in [7, 11) is 1.78. The van der Waals surface area contributed by atoms with Crippen LogP contribution in [0.25, 0.3) is 10.9 Å². The number of nitrogens with one attached hydrogen (secondary N) is 3. The summed E-state index contributed by atoms with van der Waals surface area (Å²) in [6.45, 7) is 5.44. The molecule has 0 saturated heterocycles. The SMILES string of the molecule is CN=C(NCCc1c[nH]c2ccccc12)NCc1ccc(OC(C)C)nc1.I. The first-order valence-electron chi connectivity index (χ1n) is 9.27. The maximum absolute atomic E-state index is 5.56. The normalized spacial score (nSPS) is 11.4. The summed E-state index contributed by atoms with van der Waals surface area (Å²) in [4.78, 5) is 11.9. The van der Waals surface area contributed by atoms with Gasteiger partial charge in [-0.3, -0.25) is 4.99 Å². The van der Waals surface area contributed by atoms with E-state index in [1.54, 1.807) is 7.05 Å². The van der Waals surface area contributed by atoms with Crippen molar-refractivity contribution >= 4 is 40.8 Å². The van der Waals surface area contributed by atoms with Gasteiger partial charge in [-0.05, 0) is 37.5 Å². The molecule has 28 heavy (non-hydrogen) atoms. The molecule has 0 saturated carbocycles. The van der Waals surface area contributed by atoms with E-state index in [1.165, 1.54) is 16.5 Å². The van der Waals surface area contributed by atoms with Crippen molar-refractivity contribution in [2.75, 3.05) is 13.6 Å². The monoisotopic (exact) mass is 493 g/mol. The molecule has 0 aliphatic heterocycles. The maximum atomic E-state index is 5.56. The second-order valence-electron chi connectivity index (χ2n) is 6.63. The van der Waals surface area contributed by atoms with Gasteiger partial charge < -0.3 is 20.4 Å². The lowest BCUT2D eigenvalue weighted by Gasteiger charge is -2.12. The predicted molar refractivity (Wildman–Crippen MR) is 126 cm³/mol. The van der Waals surface area contributed by atoms with Crippen LogP contribution in [0, 0.1) is 0 Å². The summed E-state index contributed by atoms with van der Waals surface area (Å²) in [6, 6.07) is 12.3. The topological polar surface area (TPSA) is 74.3 Å². The first-order chi connectivity index (χ1) is 13.2. The first kappa shape index (κ1) is 22.0. The minimum Gasteiger partial charge on any atom is -0.475 e. The van der Waals surface area contributed by atoms with Crippen LogP contribution in [0.5, 0.6) is 5.88 Å². The fourth-order valence-corrected chi connectivity index (χ4v) is 2.89. The fraction of sp³-hybridized carbons (Fsp3) is 0.333. The molecule has 0 aliphatic carbocycles. The minimum atomic E-state index is 0. The average molecular weight is 493 g/mol. The lowest BCUT2D eigenvalue weighted by Crippen LogP contribution is -2.37. The van der Waals surface area contributed by atoms with Crippen molar-refractivity contribution in [3.8, 4) is 5.88 Å². The van der Waals surface area contributed by atoms with E-state index in [0.717, 1.165) is 24.5 Å². The standard InChI is InChI=1S/C21H27N5O.HI/c1-15(2)27-20-9-8-16(12-25-20)13-26-21(22-3)23-11-10-17-14-24-19-7-5-4-6-18(17)19;/h4-9,12,14-15,24H,10-11,13H2,1-3H3,(H2,22,23,26);1H. The second-order valence-corrected chi connectivity index (χ2v) is 6.63. The number of benzene rings is 1. The van der Waals surface area contributed by atoms with Gasteiger partial charge >= 0.3 is 0 Å². The predicted octanol–water partition coefficient (Wildman–Crippen LogP) is 3.88. The summed E-state index contributed by atoms with van der Waals surface area (Å²) in [5.41, 5.74) is 3.55. The molecule has 0 atom stereocenters. The van der Waals surface area contributed by atoms with E-state index in [9.17, 15) is 0 Å². The molecule has 6 nitrogen and oxygen atoms in total. The summed E-state index contributed by atoms with van der Waals surface area (Å²) >= 11 is 0. The van der Waals surface area contributed by atoms with E-state index in [2.05, 4.69) is 50.0 Å². The van der Waals surface area contributed by atoms with Crippen LogP contribution in [0.3, 0.4) is 0 Å². The quantitative estimate of drug-likeness (QED) is 0.266. The summed E-state index contributed by atoms with van der Waals surface area (Å²) < 4.78 is 5.56. The first-order valence-corrected chi connectivity index (χ1v) is 9.27. The highest BCUT2D eigenvalue weighted by atomic mass is 127. The maximum Gasteiger partial charge on any atom is 0.213 e. The average Bonchev–Trinajstić information content (AvgIpc) is 3.08. The number of hydrogen-bond donors (Lipinski definition) is 3. The number of halogens is 1. The van der Waals surface area contributed by atoms with Crippen LogP contribution in [0.15, 0.2) is 53.8 Å². The third kappa shape index (κ3) is 6.12. The highest BCUT2D eigenvalue weighted by molar-refractivity contribution is 14.0. The Morgan fingerprint density at radius 1 is 1.18 bits per heavy atom. The Labute approximate surface area is 183 Å². The van der Waals surface area contributed by atoms with Crippen molar-refractivity contribution in [2.45, 2.75) is 32.9 Å². The molecule has 0 fully saturated rings. The van der Waals surface area contributed by atoms with E-state index < -0.39 is 0 Å². The number of H-pyrrole nitrogens is 1. The molecule has 0 bridgehead atoms. The van der Waals surface area contributed by atoms with E-state index in [1.807, 2.05) is 38.2 Å². The van der Waals surface area contributed by atoms with E-state index in [-0.39, 0.29) is 30.1 Å². The largest absolute Gasteiger partial charge is 0.475 e. The molecule has 0 unspecified atom stereocenters. The number of guanidine groups is 1.